The topological polar surface area (TPSA) is 63.3 Å². The summed E-state index contributed by atoms with van der Waals surface area (Å²) < 4.78 is 7.53. The largest absolute Gasteiger partial charge is 0.512 e. The maximum atomic E-state index is 12.2. The van der Waals surface area contributed by atoms with Gasteiger partial charge in [0.25, 0.3) is 0 Å². The Labute approximate surface area is 353 Å². The fraction of sp³-hybridized carbons (Fsp3) is 0.440. The number of aryl methyl sites for hydroxylation is 2. The first kappa shape index (κ1) is 45.1. The van der Waals surface area contributed by atoms with Gasteiger partial charge < -0.3 is 9.52 Å². The second-order valence-corrected chi connectivity index (χ2v) is 18.4. The number of ketones is 1. The number of allylic oxidation sites excluding steroid dienone is 2. The van der Waals surface area contributed by atoms with Crippen LogP contribution in [0.2, 0.25) is 0 Å². The SMILES string of the molecule is CCC(C)(CC)C(=O)/C=C(\O)C(C)(CC)CC.Cc1oc2cc(CC(C)C)ccc2c1-c1sc2c(-c3[c-]c4ccccc4c(C(C)(C)C)c3)nccc2c1C.[Ir]. The summed E-state index contributed by atoms with van der Waals surface area (Å²) in [7, 11) is 0. The predicted octanol–water partition coefficient (Wildman–Crippen LogP) is 15.1. The van der Waals surface area contributed by atoms with Gasteiger partial charge in [0.05, 0.1) is 0 Å². The number of hydrogen-bond donors (Lipinski definition) is 1. The molecule has 0 unspecified atom stereocenters. The van der Waals surface area contributed by atoms with Gasteiger partial charge in [-0.05, 0) is 85.9 Å². The van der Waals surface area contributed by atoms with Gasteiger partial charge in [-0.25, -0.2) is 0 Å². The van der Waals surface area contributed by atoms with E-state index in [1.807, 2.05) is 59.1 Å². The quantitative estimate of drug-likeness (QED) is 0.0798. The van der Waals surface area contributed by atoms with Crippen molar-refractivity contribution in [1.82, 2.24) is 4.98 Å². The van der Waals surface area contributed by atoms with Gasteiger partial charge in [0.2, 0.25) is 0 Å². The van der Waals surface area contributed by atoms with Gasteiger partial charge >= 0.3 is 0 Å². The van der Waals surface area contributed by atoms with Crippen molar-refractivity contribution >= 4 is 48.9 Å². The number of thiophene rings is 1. The summed E-state index contributed by atoms with van der Waals surface area (Å²) in [5, 5.41) is 15.0. The molecule has 0 saturated carbocycles. The van der Waals surface area contributed by atoms with Crippen LogP contribution in [0.15, 0.2) is 77.0 Å². The second-order valence-electron chi connectivity index (χ2n) is 17.4. The first-order valence-corrected chi connectivity index (χ1v) is 21.0. The fourth-order valence-electron chi connectivity index (χ4n) is 7.38. The van der Waals surface area contributed by atoms with Crippen LogP contribution >= 0.6 is 11.3 Å². The van der Waals surface area contributed by atoms with Crippen LogP contribution in [0.4, 0.5) is 0 Å². The predicted molar refractivity (Wildman–Crippen MR) is 236 cm³/mol. The van der Waals surface area contributed by atoms with E-state index in [-0.39, 0.29) is 47.9 Å². The van der Waals surface area contributed by atoms with Crippen LogP contribution in [0.25, 0.3) is 53.5 Å². The number of aromatic nitrogens is 1. The van der Waals surface area contributed by atoms with Gasteiger partial charge in [0.15, 0.2) is 5.78 Å². The van der Waals surface area contributed by atoms with Gasteiger partial charge in [-0.15, -0.1) is 40.5 Å². The Bertz CT molecular complexity index is 2340. The van der Waals surface area contributed by atoms with E-state index in [4.69, 9.17) is 9.40 Å². The van der Waals surface area contributed by atoms with Crippen molar-refractivity contribution in [3.05, 3.63) is 101 Å². The Balaban J connectivity index is 0.000000330. The summed E-state index contributed by atoms with van der Waals surface area (Å²) >= 11 is 1.82. The van der Waals surface area contributed by atoms with Gasteiger partial charge in [-0.1, -0.05) is 117 Å². The molecule has 6 heteroatoms. The monoisotopic (exact) mass is 949 g/mol. The first-order valence-electron chi connectivity index (χ1n) is 20.2. The summed E-state index contributed by atoms with van der Waals surface area (Å²) in [6.07, 6.45) is 7.75. The molecule has 0 amide bonds. The molecule has 4 nitrogen and oxygen atoms in total. The zero-order valence-electron chi connectivity index (χ0n) is 35.9. The molecule has 0 atom stereocenters. The van der Waals surface area contributed by atoms with Crippen molar-refractivity contribution < 1.29 is 34.4 Å². The van der Waals surface area contributed by atoms with E-state index in [9.17, 15) is 9.90 Å². The average Bonchev–Trinajstić information content (AvgIpc) is 3.67. The maximum Gasteiger partial charge on any atom is 0.164 e. The summed E-state index contributed by atoms with van der Waals surface area (Å²) in [6, 6.07) is 23.4. The van der Waals surface area contributed by atoms with Crippen LogP contribution in [0.3, 0.4) is 0 Å². The normalized spacial score (nSPS) is 12.6. The smallest absolute Gasteiger partial charge is 0.164 e. The van der Waals surface area contributed by atoms with Crippen molar-refractivity contribution in [1.29, 1.82) is 0 Å². The number of benzene rings is 3. The summed E-state index contributed by atoms with van der Waals surface area (Å²) in [4.78, 5) is 18.4. The summed E-state index contributed by atoms with van der Waals surface area (Å²) in [6.45, 7) is 27.7. The molecule has 0 saturated heterocycles. The van der Waals surface area contributed by atoms with Gasteiger partial charge in [-0.2, -0.15) is 0 Å². The van der Waals surface area contributed by atoms with Crippen LogP contribution in [0, 0.1) is 36.7 Å². The van der Waals surface area contributed by atoms with E-state index in [1.165, 1.54) is 54.1 Å². The third kappa shape index (κ3) is 9.09. The number of carbonyl (C=O) groups is 1. The Morgan fingerprint density at radius 1 is 0.875 bits per heavy atom. The van der Waals surface area contributed by atoms with E-state index in [2.05, 4.69) is 109 Å². The molecular weight excluding hydrogens is 887 g/mol. The van der Waals surface area contributed by atoms with Gasteiger partial charge in [0.1, 0.15) is 17.1 Å². The van der Waals surface area contributed by atoms with Crippen LogP contribution < -0.4 is 0 Å². The number of fused-ring (bicyclic) bond motifs is 3. The molecule has 0 fully saturated rings. The molecule has 301 valence electrons. The van der Waals surface area contributed by atoms with Crippen LogP contribution in [-0.2, 0) is 36.7 Å². The number of nitrogens with zero attached hydrogens (tertiary/aromatic N) is 1. The minimum absolute atomic E-state index is 0. The average molecular weight is 949 g/mol. The van der Waals surface area contributed by atoms with E-state index in [1.54, 1.807) is 0 Å². The molecule has 0 aliphatic carbocycles. The molecule has 0 spiro atoms. The molecule has 56 heavy (non-hydrogen) atoms. The third-order valence-electron chi connectivity index (χ3n) is 12.1. The molecule has 0 bridgehead atoms. The van der Waals surface area contributed by atoms with Crippen LogP contribution in [-0.4, -0.2) is 15.9 Å². The zero-order valence-corrected chi connectivity index (χ0v) is 39.1. The molecule has 0 aliphatic heterocycles. The van der Waals surface area contributed by atoms with Crippen molar-refractivity contribution in [3.8, 4) is 21.7 Å². The molecule has 3 aromatic carbocycles. The van der Waals surface area contributed by atoms with Crippen LogP contribution in [0.5, 0.6) is 0 Å². The van der Waals surface area contributed by atoms with Gasteiger partial charge in [-0.3, -0.25) is 9.78 Å². The number of aliphatic hydroxyl groups is 1. The molecular formula is C50H62IrNO3S-. The Morgan fingerprint density at radius 2 is 1.52 bits per heavy atom. The summed E-state index contributed by atoms with van der Waals surface area (Å²) in [5.41, 5.74) is 7.58. The maximum absolute atomic E-state index is 12.2. The molecule has 6 aromatic rings. The van der Waals surface area contributed by atoms with Crippen LogP contribution in [0.1, 0.15) is 124 Å². The van der Waals surface area contributed by atoms with E-state index < -0.39 is 0 Å². The third-order valence-corrected chi connectivity index (χ3v) is 13.4. The van der Waals surface area contributed by atoms with Crippen molar-refractivity contribution in [2.75, 3.05) is 0 Å². The van der Waals surface area contributed by atoms with E-state index in [0.717, 1.165) is 60.1 Å². The number of carbonyl (C=O) groups excluding carboxylic acids is 1. The minimum Gasteiger partial charge on any atom is -0.512 e. The first-order chi connectivity index (χ1) is 25.9. The number of rotatable bonds is 11. The molecule has 6 rings (SSSR count). The Kier molecular flexibility index (Phi) is 14.4. The number of aliphatic hydroxyl groups excluding tert-OH is 1. The standard InChI is InChI=1S/C35H34NOS.C15H28O2.Ir/c1-20(2)16-23-12-13-28-30(17-23)37-22(4)31(28)33-21(3)26-14-15-36-32(34(26)38-33)25-18-24-10-8-9-11-27(24)29(19-25)35(5,6)7;1-7-14(5,8-2)12(16)11-13(17)15(6,9-3)10-4;/h8-15,17,19-20H,16H2,1-7H3;11,16H,7-10H2,1-6H3;/q-1;;/b;12-11-;. The number of pyridine rings is 1. The molecule has 0 aliphatic rings. The van der Waals surface area contributed by atoms with Crippen molar-refractivity contribution in [3.63, 3.8) is 0 Å². The van der Waals surface area contributed by atoms with Crippen molar-refractivity contribution in [2.24, 2.45) is 16.7 Å². The zero-order chi connectivity index (χ0) is 40.5. The minimum atomic E-state index is -0.337. The fourth-order valence-corrected chi connectivity index (χ4v) is 8.80. The molecule has 1 radical (unpaired) electrons. The Morgan fingerprint density at radius 3 is 2.12 bits per heavy atom. The molecule has 1 N–H and O–H groups in total. The van der Waals surface area contributed by atoms with Gasteiger partial charge in [0, 0.05) is 69.4 Å². The second kappa shape index (κ2) is 17.9. The molecule has 3 heterocycles. The van der Waals surface area contributed by atoms with E-state index in [0.29, 0.717) is 5.92 Å². The Hall–Kier alpha value is -3.57. The van der Waals surface area contributed by atoms with E-state index >= 15 is 0 Å². The van der Waals surface area contributed by atoms with Crippen molar-refractivity contribution in [2.45, 2.75) is 128 Å². The molecule has 3 aromatic heterocycles. The summed E-state index contributed by atoms with van der Waals surface area (Å²) in [5.74, 6) is 1.87. The number of hydrogen-bond acceptors (Lipinski definition) is 5. The number of furan rings is 1.